The van der Waals surface area contributed by atoms with Gasteiger partial charge in [-0.25, -0.2) is 8.78 Å². The number of nitrogens with one attached hydrogen (secondary N) is 2. The number of hydrogen-bond acceptors (Lipinski definition) is 2. The number of anilines is 1. The van der Waals surface area contributed by atoms with E-state index in [1.54, 1.807) is 6.07 Å². The summed E-state index contributed by atoms with van der Waals surface area (Å²) in [7, 11) is 0. The van der Waals surface area contributed by atoms with E-state index in [4.69, 9.17) is 11.6 Å². The Hall–Kier alpha value is -0.870. The van der Waals surface area contributed by atoms with Crippen molar-refractivity contribution in [3.63, 3.8) is 0 Å². The fourth-order valence-electron chi connectivity index (χ4n) is 1.97. The molecule has 2 N–H and O–H groups in total. The summed E-state index contributed by atoms with van der Waals surface area (Å²) >= 11 is 5.94. The molecule has 1 fully saturated rings. The van der Waals surface area contributed by atoms with Crippen molar-refractivity contribution in [1.82, 2.24) is 5.32 Å². The molecule has 1 aromatic carbocycles. The van der Waals surface area contributed by atoms with Crippen molar-refractivity contribution in [3.05, 3.63) is 28.8 Å². The molecule has 0 aliphatic carbocycles. The molecule has 0 saturated carbocycles. The molecule has 0 amide bonds. The van der Waals surface area contributed by atoms with E-state index in [1.165, 1.54) is 18.6 Å². The number of benzene rings is 1. The lowest BCUT2D eigenvalue weighted by atomic mass is 10.2. The number of halogens is 3. The van der Waals surface area contributed by atoms with Gasteiger partial charge < -0.3 is 10.6 Å². The van der Waals surface area contributed by atoms with E-state index in [-0.39, 0.29) is 5.56 Å². The number of rotatable bonds is 4. The molecule has 1 saturated heterocycles. The Kier molecular flexibility index (Phi) is 4.18. The molecule has 0 aromatic heterocycles. The van der Waals surface area contributed by atoms with Gasteiger partial charge in [0, 0.05) is 18.2 Å². The third kappa shape index (κ3) is 3.30. The van der Waals surface area contributed by atoms with Gasteiger partial charge in [0.2, 0.25) is 0 Å². The van der Waals surface area contributed by atoms with Crippen LogP contribution in [0.15, 0.2) is 18.2 Å². The van der Waals surface area contributed by atoms with Crippen LogP contribution in [0.2, 0.25) is 5.02 Å². The predicted octanol–water partition coefficient (Wildman–Crippen LogP) is 3.44. The third-order valence-corrected chi connectivity index (χ3v) is 3.26. The maximum absolute atomic E-state index is 12.4. The molecule has 1 aromatic rings. The van der Waals surface area contributed by atoms with Crippen LogP contribution in [0, 0.1) is 0 Å². The minimum Gasteiger partial charge on any atom is -0.382 e. The van der Waals surface area contributed by atoms with Crippen molar-refractivity contribution in [2.75, 3.05) is 18.4 Å². The smallest absolute Gasteiger partial charge is 0.263 e. The van der Waals surface area contributed by atoms with Gasteiger partial charge in [-0.3, -0.25) is 0 Å². The van der Waals surface area contributed by atoms with Crippen molar-refractivity contribution in [3.8, 4) is 0 Å². The number of hydrogen-bond donors (Lipinski definition) is 2. The van der Waals surface area contributed by atoms with Gasteiger partial charge in [0.05, 0.1) is 10.7 Å². The second-order valence-electron chi connectivity index (χ2n) is 4.21. The monoisotopic (exact) mass is 260 g/mol. The van der Waals surface area contributed by atoms with Crippen LogP contribution in [-0.4, -0.2) is 19.1 Å². The zero-order chi connectivity index (χ0) is 12.3. The molecule has 94 valence electrons. The van der Waals surface area contributed by atoms with E-state index in [0.717, 1.165) is 19.5 Å². The first-order valence-corrected chi connectivity index (χ1v) is 6.09. The Morgan fingerprint density at radius 3 is 2.88 bits per heavy atom. The topological polar surface area (TPSA) is 24.1 Å². The zero-order valence-corrected chi connectivity index (χ0v) is 10.1. The standard InChI is InChI=1S/C12H15ClF2N2/c13-10-6-8(12(14)15)3-4-11(10)17-7-9-2-1-5-16-9/h3-4,6,9,12,16-17H,1-2,5,7H2. The highest BCUT2D eigenvalue weighted by atomic mass is 35.5. The van der Waals surface area contributed by atoms with E-state index in [1.807, 2.05) is 0 Å². The molecule has 0 bridgehead atoms. The van der Waals surface area contributed by atoms with Gasteiger partial charge in [-0.2, -0.15) is 0 Å². The van der Waals surface area contributed by atoms with Crippen molar-refractivity contribution in [1.29, 1.82) is 0 Å². The van der Waals surface area contributed by atoms with Gasteiger partial charge in [-0.15, -0.1) is 0 Å². The highest BCUT2D eigenvalue weighted by Crippen LogP contribution is 2.28. The van der Waals surface area contributed by atoms with Crippen LogP contribution in [0.5, 0.6) is 0 Å². The van der Waals surface area contributed by atoms with E-state index in [2.05, 4.69) is 10.6 Å². The van der Waals surface area contributed by atoms with Crippen LogP contribution < -0.4 is 10.6 Å². The Morgan fingerprint density at radius 1 is 1.47 bits per heavy atom. The Bertz CT molecular complexity index is 379. The highest BCUT2D eigenvalue weighted by Gasteiger charge is 2.14. The van der Waals surface area contributed by atoms with E-state index < -0.39 is 6.43 Å². The summed E-state index contributed by atoms with van der Waals surface area (Å²) < 4.78 is 24.8. The summed E-state index contributed by atoms with van der Waals surface area (Å²) in [6.45, 7) is 1.82. The van der Waals surface area contributed by atoms with Crippen molar-refractivity contribution < 1.29 is 8.78 Å². The average molecular weight is 261 g/mol. The lowest BCUT2D eigenvalue weighted by Crippen LogP contribution is -2.29. The van der Waals surface area contributed by atoms with E-state index in [0.29, 0.717) is 16.8 Å². The van der Waals surface area contributed by atoms with Crippen molar-refractivity contribution in [2.24, 2.45) is 0 Å². The van der Waals surface area contributed by atoms with Crippen LogP contribution in [0.4, 0.5) is 14.5 Å². The zero-order valence-electron chi connectivity index (χ0n) is 9.35. The first-order valence-electron chi connectivity index (χ1n) is 5.71. The first kappa shape index (κ1) is 12.6. The van der Waals surface area contributed by atoms with Crippen molar-refractivity contribution in [2.45, 2.75) is 25.3 Å². The fourth-order valence-corrected chi connectivity index (χ4v) is 2.23. The molecular weight excluding hydrogens is 246 g/mol. The van der Waals surface area contributed by atoms with Gasteiger partial charge in [-0.05, 0) is 31.5 Å². The number of alkyl halides is 2. The van der Waals surface area contributed by atoms with Crippen LogP contribution in [0.3, 0.4) is 0 Å². The molecule has 0 spiro atoms. The van der Waals surface area contributed by atoms with E-state index in [9.17, 15) is 8.78 Å². The lowest BCUT2D eigenvalue weighted by molar-refractivity contribution is 0.151. The summed E-state index contributed by atoms with van der Waals surface area (Å²) in [5.74, 6) is 0. The summed E-state index contributed by atoms with van der Waals surface area (Å²) in [6.07, 6.45) is -0.150. The van der Waals surface area contributed by atoms with Crippen LogP contribution >= 0.6 is 11.6 Å². The molecule has 2 rings (SSSR count). The molecule has 5 heteroatoms. The normalized spacial score (nSPS) is 19.9. The molecule has 1 aliphatic heterocycles. The minimum atomic E-state index is -2.47. The van der Waals surface area contributed by atoms with Crippen LogP contribution in [-0.2, 0) is 0 Å². The maximum Gasteiger partial charge on any atom is 0.263 e. The maximum atomic E-state index is 12.4. The quantitative estimate of drug-likeness (QED) is 0.867. The van der Waals surface area contributed by atoms with Crippen LogP contribution in [0.25, 0.3) is 0 Å². The second-order valence-corrected chi connectivity index (χ2v) is 4.62. The Balaban J connectivity index is 1.96. The second kappa shape index (κ2) is 5.65. The van der Waals surface area contributed by atoms with E-state index >= 15 is 0 Å². The summed E-state index contributed by atoms with van der Waals surface area (Å²) in [5.41, 5.74) is 0.671. The lowest BCUT2D eigenvalue weighted by Gasteiger charge is -2.14. The molecular formula is C12H15ClF2N2. The molecule has 1 unspecified atom stereocenters. The third-order valence-electron chi connectivity index (χ3n) is 2.95. The van der Waals surface area contributed by atoms with Gasteiger partial charge in [0.15, 0.2) is 0 Å². The molecule has 1 atom stereocenters. The summed E-state index contributed by atoms with van der Waals surface area (Å²) in [6, 6.07) is 4.77. The molecule has 2 nitrogen and oxygen atoms in total. The van der Waals surface area contributed by atoms with Crippen molar-refractivity contribution >= 4 is 17.3 Å². The Labute approximate surface area is 104 Å². The molecule has 17 heavy (non-hydrogen) atoms. The molecule has 0 radical (unpaired) electrons. The molecule has 1 aliphatic rings. The van der Waals surface area contributed by atoms with Gasteiger partial charge in [-0.1, -0.05) is 17.7 Å². The Morgan fingerprint density at radius 2 is 2.29 bits per heavy atom. The largest absolute Gasteiger partial charge is 0.382 e. The predicted molar refractivity (Wildman–Crippen MR) is 65.9 cm³/mol. The average Bonchev–Trinajstić information content (AvgIpc) is 2.80. The molecule has 1 heterocycles. The van der Waals surface area contributed by atoms with Crippen LogP contribution in [0.1, 0.15) is 24.8 Å². The first-order chi connectivity index (χ1) is 8.16. The summed E-state index contributed by atoms with van der Waals surface area (Å²) in [5, 5.41) is 6.88. The van der Waals surface area contributed by atoms with Gasteiger partial charge >= 0.3 is 0 Å². The highest BCUT2D eigenvalue weighted by molar-refractivity contribution is 6.33. The van der Waals surface area contributed by atoms with Gasteiger partial charge in [0.1, 0.15) is 0 Å². The SMILES string of the molecule is FC(F)c1ccc(NCC2CCCN2)c(Cl)c1. The minimum absolute atomic E-state index is 0.0421. The summed E-state index contributed by atoms with van der Waals surface area (Å²) in [4.78, 5) is 0. The van der Waals surface area contributed by atoms with Gasteiger partial charge in [0.25, 0.3) is 6.43 Å². The fraction of sp³-hybridized carbons (Fsp3) is 0.500.